The predicted molar refractivity (Wildman–Crippen MR) is 71.8 cm³/mol. The summed E-state index contributed by atoms with van der Waals surface area (Å²) in [7, 11) is -1.94. The van der Waals surface area contributed by atoms with E-state index >= 15 is 0 Å². The van der Waals surface area contributed by atoms with Gasteiger partial charge in [-0.15, -0.1) is 0 Å². The van der Waals surface area contributed by atoms with Crippen molar-refractivity contribution in [2.24, 2.45) is 0 Å². The molecule has 0 amide bonds. The van der Waals surface area contributed by atoms with E-state index in [1.54, 1.807) is 26.2 Å². The summed E-state index contributed by atoms with van der Waals surface area (Å²) in [4.78, 5) is 0.251. The topological polar surface area (TPSA) is 72.6 Å². The Morgan fingerprint density at radius 2 is 1.89 bits per heavy atom. The molecule has 1 unspecified atom stereocenters. The average molecular weight is 272 g/mol. The van der Waals surface area contributed by atoms with Gasteiger partial charge in [-0.05, 0) is 31.2 Å². The van der Waals surface area contributed by atoms with Crippen molar-refractivity contribution in [2.45, 2.75) is 24.8 Å². The molecule has 1 atom stereocenters. The molecule has 18 heavy (non-hydrogen) atoms. The smallest absolute Gasteiger partial charge is 0.243 e. The lowest BCUT2D eigenvalue weighted by molar-refractivity contribution is 0.142. The number of sulfonamides is 1. The highest BCUT2D eigenvalue weighted by Crippen LogP contribution is 2.19. The standard InChI is InChI=1S/C12H20N2O3S/c1-4-14(10(2)9-17-3)18(15,16)12-7-5-11(13)6-8-12/h5-8,10H,4,9,13H2,1-3H3. The maximum atomic E-state index is 12.4. The van der Waals surface area contributed by atoms with E-state index in [4.69, 9.17) is 10.5 Å². The number of methoxy groups -OCH3 is 1. The van der Waals surface area contributed by atoms with Crippen LogP contribution in [0.4, 0.5) is 5.69 Å². The summed E-state index contributed by atoms with van der Waals surface area (Å²) in [5, 5.41) is 0. The summed E-state index contributed by atoms with van der Waals surface area (Å²) < 4.78 is 31.3. The van der Waals surface area contributed by atoms with Crippen LogP contribution in [-0.4, -0.2) is 39.0 Å². The van der Waals surface area contributed by atoms with Gasteiger partial charge in [0, 0.05) is 25.4 Å². The largest absolute Gasteiger partial charge is 0.399 e. The van der Waals surface area contributed by atoms with Crippen LogP contribution < -0.4 is 5.73 Å². The SMILES string of the molecule is CCN(C(C)COC)S(=O)(=O)c1ccc(N)cc1. The molecular weight excluding hydrogens is 252 g/mol. The number of benzene rings is 1. The summed E-state index contributed by atoms with van der Waals surface area (Å²) in [6, 6.07) is 6.01. The third kappa shape index (κ3) is 3.22. The van der Waals surface area contributed by atoms with Gasteiger partial charge in [0.1, 0.15) is 0 Å². The summed E-state index contributed by atoms with van der Waals surface area (Å²) in [6.45, 7) is 4.39. The Kier molecular flexibility index (Phi) is 5.13. The molecule has 0 saturated heterocycles. The molecule has 5 nitrogen and oxygen atoms in total. The number of likely N-dealkylation sites (N-methyl/N-ethyl adjacent to an activating group) is 1. The zero-order valence-corrected chi connectivity index (χ0v) is 11.8. The van der Waals surface area contributed by atoms with Gasteiger partial charge < -0.3 is 10.5 Å². The summed E-state index contributed by atoms with van der Waals surface area (Å²) in [5.74, 6) is 0. The summed E-state index contributed by atoms with van der Waals surface area (Å²) >= 11 is 0. The molecule has 0 aliphatic rings. The number of nitrogen functional groups attached to an aromatic ring is 1. The van der Waals surface area contributed by atoms with Crippen LogP contribution >= 0.6 is 0 Å². The quantitative estimate of drug-likeness (QED) is 0.793. The van der Waals surface area contributed by atoms with Crippen LogP contribution in [-0.2, 0) is 14.8 Å². The Balaban J connectivity index is 3.06. The van der Waals surface area contributed by atoms with Gasteiger partial charge in [0.05, 0.1) is 11.5 Å². The first-order valence-electron chi connectivity index (χ1n) is 5.79. The number of hydrogen-bond acceptors (Lipinski definition) is 4. The zero-order chi connectivity index (χ0) is 13.8. The predicted octanol–water partition coefficient (Wildman–Crippen LogP) is 1.31. The first-order chi connectivity index (χ1) is 8.43. The van der Waals surface area contributed by atoms with Crippen molar-refractivity contribution in [3.8, 4) is 0 Å². The first-order valence-corrected chi connectivity index (χ1v) is 7.23. The van der Waals surface area contributed by atoms with Crippen molar-refractivity contribution in [3.63, 3.8) is 0 Å². The molecule has 0 aliphatic heterocycles. The second-order valence-electron chi connectivity index (χ2n) is 4.08. The molecule has 0 radical (unpaired) electrons. The average Bonchev–Trinajstić information content (AvgIpc) is 2.30. The van der Waals surface area contributed by atoms with E-state index in [2.05, 4.69) is 0 Å². The molecule has 1 rings (SSSR count). The Morgan fingerprint density at radius 3 is 2.33 bits per heavy atom. The van der Waals surface area contributed by atoms with Crippen LogP contribution in [0.15, 0.2) is 29.2 Å². The van der Waals surface area contributed by atoms with Crippen LogP contribution in [0.1, 0.15) is 13.8 Å². The van der Waals surface area contributed by atoms with E-state index in [0.717, 1.165) is 0 Å². The van der Waals surface area contributed by atoms with Gasteiger partial charge in [-0.3, -0.25) is 0 Å². The molecule has 6 heteroatoms. The molecule has 2 N–H and O–H groups in total. The van der Waals surface area contributed by atoms with Crippen molar-refractivity contribution in [1.82, 2.24) is 4.31 Å². The molecule has 0 aliphatic carbocycles. The fourth-order valence-corrected chi connectivity index (χ4v) is 3.44. The minimum atomic E-state index is -3.49. The highest BCUT2D eigenvalue weighted by molar-refractivity contribution is 7.89. The van der Waals surface area contributed by atoms with Crippen molar-refractivity contribution in [2.75, 3.05) is 26.0 Å². The normalized spacial score (nSPS) is 13.8. The number of nitrogens with zero attached hydrogens (tertiary/aromatic N) is 1. The van der Waals surface area contributed by atoms with Gasteiger partial charge >= 0.3 is 0 Å². The third-order valence-corrected chi connectivity index (χ3v) is 4.80. The van der Waals surface area contributed by atoms with Gasteiger partial charge in [-0.25, -0.2) is 8.42 Å². The number of hydrogen-bond donors (Lipinski definition) is 1. The highest BCUT2D eigenvalue weighted by Gasteiger charge is 2.27. The van der Waals surface area contributed by atoms with Crippen molar-refractivity contribution >= 4 is 15.7 Å². The van der Waals surface area contributed by atoms with Gasteiger partial charge in [-0.2, -0.15) is 4.31 Å². The molecule has 0 spiro atoms. The second-order valence-corrected chi connectivity index (χ2v) is 5.97. The molecule has 0 saturated carbocycles. The van der Waals surface area contributed by atoms with E-state index in [0.29, 0.717) is 18.8 Å². The molecule has 1 aromatic carbocycles. The van der Waals surface area contributed by atoms with Crippen LogP contribution in [0.5, 0.6) is 0 Å². The summed E-state index contributed by atoms with van der Waals surface area (Å²) in [5.41, 5.74) is 6.10. The van der Waals surface area contributed by atoms with Crippen LogP contribution in [0.3, 0.4) is 0 Å². The lowest BCUT2D eigenvalue weighted by Crippen LogP contribution is -2.40. The number of ether oxygens (including phenoxy) is 1. The molecule has 1 aromatic rings. The van der Waals surface area contributed by atoms with E-state index < -0.39 is 10.0 Å². The number of anilines is 1. The molecule has 0 heterocycles. The third-order valence-electron chi connectivity index (χ3n) is 2.70. The Labute approximate surface area is 109 Å². The van der Waals surface area contributed by atoms with Gasteiger partial charge in [0.25, 0.3) is 0 Å². The maximum absolute atomic E-state index is 12.4. The van der Waals surface area contributed by atoms with Gasteiger partial charge in [0.2, 0.25) is 10.0 Å². The van der Waals surface area contributed by atoms with E-state index in [1.807, 2.05) is 6.92 Å². The minimum absolute atomic E-state index is 0.206. The lowest BCUT2D eigenvalue weighted by Gasteiger charge is -2.26. The molecular formula is C12H20N2O3S. The van der Waals surface area contributed by atoms with E-state index in [1.165, 1.54) is 16.4 Å². The van der Waals surface area contributed by atoms with Crippen LogP contribution in [0, 0.1) is 0 Å². The molecule has 102 valence electrons. The first kappa shape index (κ1) is 14.9. The summed E-state index contributed by atoms with van der Waals surface area (Å²) in [6.07, 6.45) is 0. The van der Waals surface area contributed by atoms with Crippen LogP contribution in [0.2, 0.25) is 0 Å². The van der Waals surface area contributed by atoms with E-state index in [-0.39, 0.29) is 10.9 Å². The molecule has 0 fully saturated rings. The van der Waals surface area contributed by atoms with Crippen molar-refractivity contribution in [3.05, 3.63) is 24.3 Å². The maximum Gasteiger partial charge on any atom is 0.243 e. The Morgan fingerprint density at radius 1 is 1.33 bits per heavy atom. The number of nitrogens with two attached hydrogens (primary N) is 1. The Bertz CT molecular complexity index is 471. The monoisotopic (exact) mass is 272 g/mol. The lowest BCUT2D eigenvalue weighted by atomic mass is 10.3. The number of rotatable bonds is 6. The van der Waals surface area contributed by atoms with Crippen molar-refractivity contribution in [1.29, 1.82) is 0 Å². The van der Waals surface area contributed by atoms with Gasteiger partial charge in [-0.1, -0.05) is 6.92 Å². The molecule has 0 bridgehead atoms. The Hall–Kier alpha value is -1.11. The fourth-order valence-electron chi connectivity index (χ4n) is 1.82. The van der Waals surface area contributed by atoms with Crippen molar-refractivity contribution < 1.29 is 13.2 Å². The van der Waals surface area contributed by atoms with Gasteiger partial charge in [0.15, 0.2) is 0 Å². The second kappa shape index (κ2) is 6.17. The fraction of sp³-hybridized carbons (Fsp3) is 0.500. The zero-order valence-electron chi connectivity index (χ0n) is 11.0. The van der Waals surface area contributed by atoms with E-state index in [9.17, 15) is 8.42 Å². The minimum Gasteiger partial charge on any atom is -0.399 e. The molecule has 0 aromatic heterocycles. The highest BCUT2D eigenvalue weighted by atomic mass is 32.2. The van der Waals surface area contributed by atoms with Crippen LogP contribution in [0.25, 0.3) is 0 Å².